The van der Waals surface area contributed by atoms with E-state index in [9.17, 15) is 9.90 Å². The van der Waals surface area contributed by atoms with Gasteiger partial charge in [-0.2, -0.15) is 0 Å². The van der Waals surface area contributed by atoms with E-state index in [1.807, 2.05) is 45.0 Å². The quantitative estimate of drug-likeness (QED) is 0.838. The molecule has 0 saturated carbocycles. The topological polar surface area (TPSA) is 49.8 Å². The van der Waals surface area contributed by atoms with Gasteiger partial charge in [-0.25, -0.2) is 4.79 Å². The van der Waals surface area contributed by atoms with Crippen LogP contribution < -0.4 is 0 Å². The molecule has 0 unspecified atom stereocenters. The molecule has 0 spiro atoms. The molecule has 1 heterocycles. The van der Waals surface area contributed by atoms with E-state index in [4.69, 9.17) is 4.74 Å². The summed E-state index contributed by atoms with van der Waals surface area (Å²) in [5.74, 6) is 0.0665. The number of aliphatic hydroxyl groups excluding tert-OH is 1. The number of carbonyl (C=O) groups excluding carboxylic acids is 1. The monoisotopic (exact) mass is 355 g/mol. The third kappa shape index (κ3) is 4.45. The van der Waals surface area contributed by atoms with E-state index < -0.39 is 11.7 Å². The van der Waals surface area contributed by atoms with Crippen LogP contribution in [0.5, 0.6) is 0 Å². The molecule has 4 nitrogen and oxygen atoms in total. The molecule has 1 aromatic carbocycles. The number of hydrogen-bond acceptors (Lipinski definition) is 3. The maximum Gasteiger partial charge on any atom is 0.410 e. The van der Waals surface area contributed by atoms with E-state index in [-0.39, 0.29) is 12.0 Å². The zero-order valence-electron chi connectivity index (χ0n) is 12.7. The van der Waals surface area contributed by atoms with Gasteiger partial charge in [0.1, 0.15) is 5.60 Å². The maximum absolute atomic E-state index is 12.0. The Balaban J connectivity index is 1.99. The van der Waals surface area contributed by atoms with Crippen LogP contribution in [0.1, 0.15) is 38.7 Å². The molecule has 2 atom stereocenters. The standard InChI is InChI=1S/C16H22BrNO3/c1-16(2,3)21-15(20)18-9-8-13(14(19)10-18)11-4-6-12(17)7-5-11/h4-7,13-14,19H,8-10H2,1-3H3/t13-,14-/m0/s1. The molecule has 2 rings (SSSR count). The molecule has 0 radical (unpaired) electrons. The Morgan fingerprint density at radius 3 is 2.48 bits per heavy atom. The molecular formula is C16H22BrNO3. The van der Waals surface area contributed by atoms with Crippen molar-refractivity contribution in [1.82, 2.24) is 4.90 Å². The van der Waals surface area contributed by atoms with Gasteiger partial charge in [-0.05, 0) is 44.9 Å². The van der Waals surface area contributed by atoms with E-state index in [0.717, 1.165) is 16.5 Å². The Morgan fingerprint density at radius 2 is 1.95 bits per heavy atom. The summed E-state index contributed by atoms with van der Waals surface area (Å²) in [6.45, 7) is 6.45. The molecule has 1 amide bonds. The molecule has 0 bridgehead atoms. The second-order valence-corrected chi connectivity index (χ2v) is 7.36. The summed E-state index contributed by atoms with van der Waals surface area (Å²) in [6, 6.07) is 7.98. The van der Waals surface area contributed by atoms with Crippen LogP contribution >= 0.6 is 15.9 Å². The predicted octanol–water partition coefficient (Wildman–Crippen LogP) is 3.53. The number of halogens is 1. The lowest BCUT2D eigenvalue weighted by molar-refractivity contribution is -0.00151. The van der Waals surface area contributed by atoms with Crippen molar-refractivity contribution in [2.24, 2.45) is 0 Å². The van der Waals surface area contributed by atoms with Crippen LogP contribution in [0.15, 0.2) is 28.7 Å². The average molecular weight is 356 g/mol. The van der Waals surface area contributed by atoms with E-state index in [0.29, 0.717) is 13.1 Å². The molecule has 1 aliphatic heterocycles. The minimum absolute atomic E-state index is 0.0665. The van der Waals surface area contributed by atoms with Crippen LogP contribution in [0.4, 0.5) is 4.79 Å². The lowest BCUT2D eigenvalue weighted by Crippen LogP contribution is -2.47. The zero-order valence-corrected chi connectivity index (χ0v) is 14.3. The summed E-state index contributed by atoms with van der Waals surface area (Å²) >= 11 is 3.41. The van der Waals surface area contributed by atoms with E-state index in [1.165, 1.54) is 0 Å². The van der Waals surface area contributed by atoms with Crippen molar-refractivity contribution in [1.29, 1.82) is 0 Å². The molecular weight excluding hydrogens is 334 g/mol. The van der Waals surface area contributed by atoms with Gasteiger partial charge in [0, 0.05) is 16.9 Å². The van der Waals surface area contributed by atoms with Crippen molar-refractivity contribution in [2.45, 2.75) is 44.8 Å². The molecule has 0 aliphatic carbocycles. The third-order valence-corrected chi connectivity index (χ3v) is 4.06. The highest BCUT2D eigenvalue weighted by molar-refractivity contribution is 9.10. The van der Waals surface area contributed by atoms with Crippen LogP contribution in [-0.4, -0.2) is 40.9 Å². The second-order valence-electron chi connectivity index (χ2n) is 6.44. The Bertz CT molecular complexity index is 495. The van der Waals surface area contributed by atoms with Crippen molar-refractivity contribution in [2.75, 3.05) is 13.1 Å². The second kappa shape index (κ2) is 6.36. The first kappa shape index (κ1) is 16.3. The number of hydrogen-bond donors (Lipinski definition) is 1. The summed E-state index contributed by atoms with van der Waals surface area (Å²) < 4.78 is 6.37. The van der Waals surface area contributed by atoms with E-state index >= 15 is 0 Å². The van der Waals surface area contributed by atoms with Crippen molar-refractivity contribution < 1.29 is 14.6 Å². The Morgan fingerprint density at radius 1 is 1.33 bits per heavy atom. The lowest BCUT2D eigenvalue weighted by atomic mass is 9.87. The number of amides is 1. The van der Waals surface area contributed by atoms with Crippen molar-refractivity contribution in [3.8, 4) is 0 Å². The Kier molecular flexibility index (Phi) is 4.94. The fraction of sp³-hybridized carbons (Fsp3) is 0.562. The molecule has 116 valence electrons. The van der Waals surface area contributed by atoms with Crippen LogP contribution in [0.3, 0.4) is 0 Å². The largest absolute Gasteiger partial charge is 0.444 e. The molecule has 0 aromatic heterocycles. The highest BCUT2D eigenvalue weighted by Gasteiger charge is 2.33. The normalized spacial score (nSPS) is 23.0. The van der Waals surface area contributed by atoms with Crippen molar-refractivity contribution in [3.05, 3.63) is 34.3 Å². The number of nitrogens with zero attached hydrogens (tertiary/aromatic N) is 1. The number of ether oxygens (including phenoxy) is 1. The third-order valence-electron chi connectivity index (χ3n) is 3.53. The fourth-order valence-corrected chi connectivity index (χ4v) is 2.79. The summed E-state index contributed by atoms with van der Waals surface area (Å²) in [5, 5.41) is 10.3. The minimum atomic E-state index is -0.563. The number of piperidine rings is 1. The highest BCUT2D eigenvalue weighted by atomic mass is 79.9. The summed E-state index contributed by atoms with van der Waals surface area (Å²) in [7, 11) is 0. The molecule has 1 saturated heterocycles. The van der Waals surface area contributed by atoms with Crippen molar-refractivity contribution >= 4 is 22.0 Å². The fourth-order valence-electron chi connectivity index (χ4n) is 2.52. The molecule has 1 aromatic rings. The number of benzene rings is 1. The first-order valence-electron chi connectivity index (χ1n) is 7.18. The SMILES string of the molecule is CC(C)(C)OC(=O)N1CC[C@@H](c2ccc(Br)cc2)[C@@H](O)C1. The average Bonchev–Trinajstić information content (AvgIpc) is 2.38. The van der Waals surface area contributed by atoms with Crippen molar-refractivity contribution in [3.63, 3.8) is 0 Å². The Hall–Kier alpha value is -1.07. The number of likely N-dealkylation sites (tertiary alicyclic amines) is 1. The lowest BCUT2D eigenvalue weighted by Gasteiger charge is -2.36. The van der Waals surface area contributed by atoms with Gasteiger partial charge in [0.15, 0.2) is 0 Å². The van der Waals surface area contributed by atoms with Gasteiger partial charge in [0.25, 0.3) is 0 Å². The predicted molar refractivity (Wildman–Crippen MR) is 85.3 cm³/mol. The number of carbonyl (C=O) groups is 1. The smallest absolute Gasteiger partial charge is 0.410 e. The van der Waals surface area contributed by atoms with Gasteiger partial charge in [-0.1, -0.05) is 28.1 Å². The van der Waals surface area contributed by atoms with Gasteiger partial charge in [-0.3, -0.25) is 0 Å². The van der Waals surface area contributed by atoms with Crippen LogP contribution in [-0.2, 0) is 4.74 Å². The molecule has 1 N–H and O–H groups in total. The Labute approximate surface area is 134 Å². The van der Waals surface area contributed by atoms with Gasteiger partial charge in [0.05, 0.1) is 12.6 Å². The number of aliphatic hydroxyl groups is 1. The number of β-amino-alcohol motifs (C(OH)–C–C–N with tert-alkyl or cyclic N) is 1. The number of rotatable bonds is 1. The van der Waals surface area contributed by atoms with Gasteiger partial charge in [-0.15, -0.1) is 0 Å². The van der Waals surface area contributed by atoms with E-state index in [1.54, 1.807) is 4.90 Å². The van der Waals surface area contributed by atoms with E-state index in [2.05, 4.69) is 15.9 Å². The maximum atomic E-state index is 12.0. The van der Waals surface area contributed by atoms with Crippen LogP contribution in [0.25, 0.3) is 0 Å². The summed E-state index contributed by atoms with van der Waals surface area (Å²) in [5.41, 5.74) is 0.597. The molecule has 21 heavy (non-hydrogen) atoms. The highest BCUT2D eigenvalue weighted by Crippen LogP contribution is 2.30. The zero-order chi connectivity index (χ0) is 15.6. The van der Waals surface area contributed by atoms with Crippen LogP contribution in [0.2, 0.25) is 0 Å². The van der Waals surface area contributed by atoms with Gasteiger partial charge in [0.2, 0.25) is 0 Å². The first-order valence-corrected chi connectivity index (χ1v) is 7.97. The van der Waals surface area contributed by atoms with Gasteiger partial charge < -0.3 is 14.7 Å². The molecule has 1 fully saturated rings. The summed E-state index contributed by atoms with van der Waals surface area (Å²) in [6.07, 6.45) is -0.176. The molecule has 5 heteroatoms. The minimum Gasteiger partial charge on any atom is -0.444 e. The molecule has 1 aliphatic rings. The van der Waals surface area contributed by atoms with Gasteiger partial charge >= 0.3 is 6.09 Å². The first-order chi connectivity index (χ1) is 9.76. The summed E-state index contributed by atoms with van der Waals surface area (Å²) in [4.78, 5) is 13.6. The van der Waals surface area contributed by atoms with Crippen LogP contribution in [0, 0.1) is 0 Å².